The lowest BCUT2D eigenvalue weighted by Gasteiger charge is -2.25. The van der Waals surface area contributed by atoms with Crippen LogP contribution in [0.1, 0.15) is 32.4 Å². The van der Waals surface area contributed by atoms with E-state index in [2.05, 4.69) is 30.9 Å². The molecule has 1 aromatic heterocycles. The third-order valence-corrected chi connectivity index (χ3v) is 4.62. The molecule has 1 rings (SSSR count). The number of aromatic amines is 1. The van der Waals surface area contributed by atoms with Gasteiger partial charge in [0.2, 0.25) is 17.7 Å². The smallest absolute Gasteiger partial charge is 0.326 e. The summed E-state index contributed by atoms with van der Waals surface area (Å²) in [5.41, 5.74) is 16.5. The van der Waals surface area contributed by atoms with Crippen molar-refractivity contribution in [2.45, 2.75) is 51.2 Å². The van der Waals surface area contributed by atoms with E-state index < -0.39 is 41.8 Å². The van der Waals surface area contributed by atoms with E-state index in [1.54, 1.807) is 13.8 Å². The van der Waals surface area contributed by atoms with Crippen LogP contribution in [-0.4, -0.2) is 75.9 Å². The Kier molecular flexibility index (Phi) is 11.3. The van der Waals surface area contributed by atoms with Gasteiger partial charge < -0.3 is 43.2 Å². The molecular formula is C19H33N9O5. The maximum Gasteiger partial charge on any atom is 0.326 e. The van der Waals surface area contributed by atoms with Gasteiger partial charge >= 0.3 is 5.97 Å². The number of aromatic nitrogens is 2. The number of amides is 3. The van der Waals surface area contributed by atoms with Crippen LogP contribution in [-0.2, 0) is 25.6 Å². The van der Waals surface area contributed by atoms with E-state index in [-0.39, 0.29) is 37.8 Å². The Morgan fingerprint density at radius 1 is 1.12 bits per heavy atom. The molecule has 14 nitrogen and oxygen atoms in total. The molecule has 0 spiro atoms. The third-order valence-electron chi connectivity index (χ3n) is 4.62. The number of carboxylic acid groups (broad SMARTS) is 1. The number of rotatable bonds is 14. The molecule has 3 amide bonds. The number of hydrogen-bond donors (Lipinski definition) is 8. The van der Waals surface area contributed by atoms with E-state index >= 15 is 0 Å². The number of nitrogens with two attached hydrogens (primary N) is 3. The summed E-state index contributed by atoms with van der Waals surface area (Å²) in [5, 5.41) is 16.9. The second kappa shape index (κ2) is 13.7. The van der Waals surface area contributed by atoms with E-state index in [1.165, 1.54) is 12.5 Å². The fourth-order valence-corrected chi connectivity index (χ4v) is 2.89. The van der Waals surface area contributed by atoms with Crippen LogP contribution in [0.25, 0.3) is 0 Å². The largest absolute Gasteiger partial charge is 0.480 e. The summed E-state index contributed by atoms with van der Waals surface area (Å²) in [7, 11) is 0. The predicted octanol–water partition coefficient (Wildman–Crippen LogP) is -2.84. The maximum atomic E-state index is 13.0. The number of hydrogen-bond acceptors (Lipinski definition) is 7. The normalized spacial score (nSPS) is 13.5. The van der Waals surface area contributed by atoms with Gasteiger partial charge in [-0.2, -0.15) is 0 Å². The number of carbonyl (C=O) groups is 4. The molecule has 0 bridgehead atoms. The van der Waals surface area contributed by atoms with E-state index in [0.717, 1.165) is 0 Å². The summed E-state index contributed by atoms with van der Waals surface area (Å²) in [6.07, 6.45) is 3.45. The van der Waals surface area contributed by atoms with Crippen LogP contribution in [0.15, 0.2) is 17.5 Å². The molecule has 0 aromatic carbocycles. The van der Waals surface area contributed by atoms with Crippen LogP contribution in [0.2, 0.25) is 0 Å². The minimum absolute atomic E-state index is 0.0731. The molecule has 1 heterocycles. The van der Waals surface area contributed by atoms with Crippen molar-refractivity contribution >= 4 is 29.7 Å². The average molecular weight is 468 g/mol. The summed E-state index contributed by atoms with van der Waals surface area (Å²) in [6.45, 7) is 3.17. The Hall–Kier alpha value is -3.68. The summed E-state index contributed by atoms with van der Waals surface area (Å²) in [6, 6.07) is -3.28. The number of nitrogens with zero attached hydrogens (tertiary/aromatic N) is 2. The Morgan fingerprint density at radius 3 is 2.30 bits per heavy atom. The third kappa shape index (κ3) is 9.99. The van der Waals surface area contributed by atoms with Gasteiger partial charge in [0, 0.05) is 24.9 Å². The Labute approximate surface area is 191 Å². The molecule has 11 N–H and O–H groups in total. The van der Waals surface area contributed by atoms with Crippen LogP contribution in [0.4, 0.5) is 0 Å². The zero-order valence-electron chi connectivity index (χ0n) is 18.7. The van der Waals surface area contributed by atoms with Crippen LogP contribution in [0.3, 0.4) is 0 Å². The number of aliphatic carboxylic acids is 1. The second-order valence-electron chi connectivity index (χ2n) is 7.68. The predicted molar refractivity (Wildman–Crippen MR) is 120 cm³/mol. The number of aliphatic imine (C=N–C) groups is 1. The van der Waals surface area contributed by atoms with Gasteiger partial charge in [0.1, 0.15) is 18.1 Å². The van der Waals surface area contributed by atoms with Crippen LogP contribution in [0.5, 0.6) is 0 Å². The number of carboxylic acids is 1. The molecule has 33 heavy (non-hydrogen) atoms. The fraction of sp³-hybridized carbons (Fsp3) is 0.579. The molecule has 0 saturated carbocycles. The number of imidazole rings is 1. The van der Waals surface area contributed by atoms with Crippen molar-refractivity contribution in [2.75, 3.05) is 13.1 Å². The first-order chi connectivity index (χ1) is 15.5. The van der Waals surface area contributed by atoms with Gasteiger partial charge in [-0.05, 0) is 18.8 Å². The molecule has 0 aliphatic heterocycles. The Bertz CT molecular complexity index is 822. The van der Waals surface area contributed by atoms with Crippen LogP contribution in [0, 0.1) is 5.92 Å². The highest BCUT2D eigenvalue weighted by Gasteiger charge is 2.30. The molecule has 0 aliphatic rings. The van der Waals surface area contributed by atoms with Gasteiger partial charge in [0.05, 0.1) is 12.9 Å². The van der Waals surface area contributed by atoms with Crippen molar-refractivity contribution in [3.63, 3.8) is 0 Å². The zero-order chi connectivity index (χ0) is 25.0. The highest BCUT2D eigenvalue weighted by molar-refractivity contribution is 5.93. The summed E-state index contributed by atoms with van der Waals surface area (Å²) in [5.74, 6) is -3.59. The van der Waals surface area contributed by atoms with E-state index in [9.17, 15) is 24.3 Å². The molecule has 184 valence electrons. The zero-order valence-corrected chi connectivity index (χ0v) is 18.7. The lowest BCUT2D eigenvalue weighted by molar-refractivity contribution is -0.143. The molecule has 0 aliphatic carbocycles. The van der Waals surface area contributed by atoms with E-state index in [0.29, 0.717) is 12.1 Å². The number of H-pyrrole nitrogens is 1. The fourth-order valence-electron chi connectivity index (χ4n) is 2.89. The Morgan fingerprint density at radius 2 is 1.79 bits per heavy atom. The molecular weight excluding hydrogens is 434 g/mol. The van der Waals surface area contributed by atoms with Gasteiger partial charge in [0.15, 0.2) is 5.96 Å². The van der Waals surface area contributed by atoms with Gasteiger partial charge in [-0.1, -0.05) is 13.8 Å². The standard InChI is InChI=1S/C19H33N9O5/c1-10(2)15(18(32)33)28-16(30)12(4-3-5-24-19(21)22)27-17(31)13(26-14(29)7-20)6-11-8-23-9-25-11/h8-10,12-13,15H,3-7,20H2,1-2H3,(H,23,25)(H,26,29)(H,27,31)(H,28,30)(H,32,33)(H4,21,22,24). The average Bonchev–Trinajstić information content (AvgIpc) is 3.25. The number of guanidine groups is 1. The monoisotopic (exact) mass is 467 g/mol. The van der Waals surface area contributed by atoms with E-state index in [4.69, 9.17) is 17.2 Å². The first-order valence-corrected chi connectivity index (χ1v) is 10.4. The first kappa shape index (κ1) is 27.4. The second-order valence-corrected chi connectivity index (χ2v) is 7.68. The van der Waals surface area contributed by atoms with Gasteiger partial charge in [-0.15, -0.1) is 0 Å². The SMILES string of the molecule is CC(C)C(NC(=O)C(CCCN=C(N)N)NC(=O)C(Cc1cnc[nH]1)NC(=O)CN)C(=O)O. The quantitative estimate of drug-likeness (QED) is 0.0796. The summed E-state index contributed by atoms with van der Waals surface area (Å²) >= 11 is 0. The number of carbonyl (C=O) groups excluding carboxylic acids is 3. The van der Waals surface area contributed by atoms with Crippen molar-refractivity contribution in [1.82, 2.24) is 25.9 Å². The minimum atomic E-state index is -1.20. The lowest BCUT2D eigenvalue weighted by Crippen LogP contribution is -2.57. The lowest BCUT2D eigenvalue weighted by atomic mass is 10.0. The molecule has 0 fully saturated rings. The minimum Gasteiger partial charge on any atom is -0.480 e. The van der Waals surface area contributed by atoms with Crippen molar-refractivity contribution in [3.05, 3.63) is 18.2 Å². The van der Waals surface area contributed by atoms with Crippen molar-refractivity contribution in [3.8, 4) is 0 Å². The van der Waals surface area contributed by atoms with Gasteiger partial charge in [-0.3, -0.25) is 19.4 Å². The van der Waals surface area contributed by atoms with Gasteiger partial charge in [0.25, 0.3) is 0 Å². The van der Waals surface area contributed by atoms with Gasteiger partial charge in [-0.25, -0.2) is 9.78 Å². The van der Waals surface area contributed by atoms with Crippen molar-refractivity contribution < 1.29 is 24.3 Å². The molecule has 3 atom stereocenters. The van der Waals surface area contributed by atoms with Crippen LogP contribution < -0.4 is 33.2 Å². The molecule has 0 saturated heterocycles. The summed E-state index contributed by atoms with van der Waals surface area (Å²) in [4.78, 5) is 59.7. The number of nitrogens with one attached hydrogen (secondary N) is 4. The van der Waals surface area contributed by atoms with Crippen molar-refractivity contribution in [2.24, 2.45) is 28.1 Å². The summed E-state index contributed by atoms with van der Waals surface area (Å²) < 4.78 is 0. The topological polar surface area (TPSA) is 244 Å². The van der Waals surface area contributed by atoms with Crippen LogP contribution >= 0.6 is 0 Å². The molecule has 14 heteroatoms. The maximum absolute atomic E-state index is 13.0. The van der Waals surface area contributed by atoms with Crippen molar-refractivity contribution in [1.29, 1.82) is 0 Å². The molecule has 0 radical (unpaired) electrons. The highest BCUT2D eigenvalue weighted by atomic mass is 16.4. The Balaban J connectivity index is 3.01. The van der Waals surface area contributed by atoms with E-state index in [1.807, 2.05) is 0 Å². The molecule has 1 aromatic rings. The molecule has 3 unspecified atom stereocenters. The highest BCUT2D eigenvalue weighted by Crippen LogP contribution is 2.06. The first-order valence-electron chi connectivity index (χ1n) is 10.4.